The number of fused-ring (bicyclic) bond motifs is 1. The van der Waals surface area contributed by atoms with Gasteiger partial charge in [0.2, 0.25) is 15.9 Å². The quantitative estimate of drug-likeness (QED) is 0.444. The zero-order valence-corrected chi connectivity index (χ0v) is 22.6. The second kappa shape index (κ2) is 12.5. The number of hydrogen-bond donors (Lipinski definition) is 2. The van der Waals surface area contributed by atoms with Gasteiger partial charge in [-0.15, -0.1) is 11.3 Å². The van der Waals surface area contributed by atoms with Crippen LogP contribution in [0.4, 0.5) is 9.80 Å². The number of imide groups is 1. The monoisotopic (exact) mass is 572 g/mol. The molecule has 0 bridgehead atoms. The molecule has 0 fully saturated rings. The fourth-order valence-electron chi connectivity index (χ4n) is 3.81. The second-order valence-electron chi connectivity index (χ2n) is 8.14. The van der Waals surface area contributed by atoms with Crippen molar-refractivity contribution in [2.24, 2.45) is 0 Å². The molecule has 15 heteroatoms. The molecule has 0 aliphatic carbocycles. The Labute approximate surface area is 228 Å². The van der Waals surface area contributed by atoms with Gasteiger partial charge in [-0.05, 0) is 43.2 Å². The summed E-state index contributed by atoms with van der Waals surface area (Å²) in [4.78, 5) is 51.9. The van der Waals surface area contributed by atoms with Crippen molar-refractivity contribution in [3.05, 3.63) is 45.8 Å². The van der Waals surface area contributed by atoms with E-state index in [1.54, 1.807) is 24.0 Å². The zero-order chi connectivity index (χ0) is 28.7. The fourth-order valence-corrected chi connectivity index (χ4v) is 6.30. The summed E-state index contributed by atoms with van der Waals surface area (Å²) in [6, 6.07) is 8.24. The maximum absolute atomic E-state index is 13.1. The summed E-state index contributed by atoms with van der Waals surface area (Å²) in [5.41, 5.74) is 0.753. The summed E-state index contributed by atoms with van der Waals surface area (Å²) in [5, 5.41) is 22.7. The molecule has 13 nitrogen and oxygen atoms in total. The third-order valence-electron chi connectivity index (χ3n) is 5.70. The normalized spacial score (nSPS) is 12.6. The minimum atomic E-state index is -4.15. The highest BCUT2D eigenvalue weighted by Gasteiger charge is 2.31. The summed E-state index contributed by atoms with van der Waals surface area (Å²) >= 11 is 1.09. The Hall–Kier alpha value is -4.31. The molecule has 0 saturated carbocycles. The van der Waals surface area contributed by atoms with Crippen molar-refractivity contribution in [1.82, 2.24) is 14.5 Å². The smallest absolute Gasteiger partial charge is 0.414 e. The number of anilines is 1. The molecule has 2 N–H and O–H groups in total. The first-order valence-corrected chi connectivity index (χ1v) is 13.8. The van der Waals surface area contributed by atoms with Crippen molar-refractivity contribution < 1.29 is 32.3 Å². The number of nitrogens with zero attached hydrogens (tertiary/aromatic N) is 4. The minimum Gasteiger partial charge on any atom is -0.450 e. The Morgan fingerprint density at radius 2 is 1.74 bits per heavy atom. The first kappa shape index (κ1) is 29.2. The number of carbonyl (C=O) groups excluding carboxylic acids is 4. The fraction of sp³-hybridized carbons (Fsp3) is 0.333. The van der Waals surface area contributed by atoms with Gasteiger partial charge in [0.05, 0.1) is 35.7 Å². The van der Waals surface area contributed by atoms with Crippen molar-refractivity contribution in [1.29, 1.82) is 10.5 Å². The predicted octanol–water partition coefficient (Wildman–Crippen LogP) is 1.83. The summed E-state index contributed by atoms with van der Waals surface area (Å²) in [5.74, 6) is -1.57. The first-order chi connectivity index (χ1) is 18.5. The standard InChI is InChI=1S/C24H24N6O7S2/c1-3-37-24(34)28-22(33)20-18-8-11-29(15(2)31)14-19(18)38-23(20)27-21(32)16-4-6-17(7-5-16)39(35,36)30(12-9-25)13-10-26/h4-7H,3,8,11-14H2,1-2H3,(H,27,32)(H,28,33,34). The van der Waals surface area contributed by atoms with Crippen LogP contribution in [0.15, 0.2) is 29.2 Å². The molecule has 39 heavy (non-hydrogen) atoms. The molecule has 1 aliphatic heterocycles. The van der Waals surface area contributed by atoms with Crippen molar-refractivity contribution in [3.8, 4) is 12.1 Å². The van der Waals surface area contributed by atoms with Crippen LogP contribution in [0.1, 0.15) is 45.0 Å². The Balaban J connectivity index is 1.90. The molecule has 4 amide bonds. The molecular weight excluding hydrogens is 548 g/mol. The van der Waals surface area contributed by atoms with Gasteiger partial charge in [0.1, 0.15) is 18.1 Å². The van der Waals surface area contributed by atoms with Crippen LogP contribution >= 0.6 is 11.3 Å². The number of thiophene rings is 1. The van der Waals surface area contributed by atoms with E-state index in [4.69, 9.17) is 15.3 Å². The lowest BCUT2D eigenvalue weighted by Crippen LogP contribution is -2.35. The van der Waals surface area contributed by atoms with Crippen molar-refractivity contribution in [3.63, 3.8) is 0 Å². The van der Waals surface area contributed by atoms with Crippen LogP contribution in [0.5, 0.6) is 0 Å². The Morgan fingerprint density at radius 3 is 2.31 bits per heavy atom. The van der Waals surface area contributed by atoms with Gasteiger partial charge >= 0.3 is 6.09 Å². The highest BCUT2D eigenvalue weighted by molar-refractivity contribution is 7.89. The van der Waals surface area contributed by atoms with Crippen LogP contribution in [0.25, 0.3) is 0 Å². The van der Waals surface area contributed by atoms with Crippen LogP contribution in [0.3, 0.4) is 0 Å². The lowest BCUT2D eigenvalue weighted by molar-refractivity contribution is -0.129. The highest BCUT2D eigenvalue weighted by Crippen LogP contribution is 2.37. The van der Waals surface area contributed by atoms with Crippen molar-refractivity contribution in [2.75, 3.05) is 31.6 Å². The second-order valence-corrected chi connectivity index (χ2v) is 11.2. The number of hydrogen-bond acceptors (Lipinski definition) is 10. The van der Waals surface area contributed by atoms with Gasteiger partial charge in [0, 0.05) is 23.9 Å². The third-order valence-corrected chi connectivity index (χ3v) is 8.63. The number of sulfonamides is 1. The minimum absolute atomic E-state index is 0.0501. The number of benzene rings is 1. The molecule has 1 aromatic carbocycles. The molecule has 1 aliphatic rings. The van der Waals surface area contributed by atoms with Gasteiger partial charge in [-0.1, -0.05) is 0 Å². The van der Waals surface area contributed by atoms with E-state index in [2.05, 4.69) is 10.6 Å². The number of alkyl carbamates (subject to hydrolysis) is 1. The molecule has 0 atom stereocenters. The molecular formula is C24H24N6O7S2. The Kier molecular flexibility index (Phi) is 9.37. The molecule has 0 spiro atoms. The van der Waals surface area contributed by atoms with Gasteiger partial charge in [-0.2, -0.15) is 14.8 Å². The highest BCUT2D eigenvalue weighted by atomic mass is 32.2. The van der Waals surface area contributed by atoms with Gasteiger partial charge in [-0.25, -0.2) is 13.2 Å². The average molecular weight is 573 g/mol. The van der Waals surface area contributed by atoms with E-state index in [1.807, 2.05) is 0 Å². The molecule has 1 aromatic heterocycles. The maximum Gasteiger partial charge on any atom is 0.414 e. The van der Waals surface area contributed by atoms with E-state index in [9.17, 15) is 27.6 Å². The van der Waals surface area contributed by atoms with E-state index < -0.39 is 41.0 Å². The van der Waals surface area contributed by atoms with Crippen LogP contribution in [-0.2, 0) is 32.5 Å². The molecule has 0 saturated heterocycles. The molecule has 0 radical (unpaired) electrons. The lowest BCUT2D eigenvalue weighted by atomic mass is 10.0. The van der Waals surface area contributed by atoms with Gasteiger partial charge < -0.3 is 15.0 Å². The molecule has 204 valence electrons. The average Bonchev–Trinajstić information content (AvgIpc) is 3.25. The first-order valence-electron chi connectivity index (χ1n) is 11.6. The predicted molar refractivity (Wildman–Crippen MR) is 138 cm³/mol. The number of ether oxygens (including phenoxy) is 1. The topological polar surface area (TPSA) is 190 Å². The van der Waals surface area contributed by atoms with Crippen LogP contribution in [-0.4, -0.2) is 67.7 Å². The SMILES string of the molecule is CCOC(=O)NC(=O)c1c(NC(=O)c2ccc(S(=O)(=O)N(CC#N)CC#N)cc2)sc2c1CCN(C(C)=O)C2. The summed E-state index contributed by atoms with van der Waals surface area (Å²) in [6.45, 7) is 2.63. The maximum atomic E-state index is 13.1. The Bertz CT molecular complexity index is 1470. The summed E-state index contributed by atoms with van der Waals surface area (Å²) < 4.78 is 31.0. The zero-order valence-electron chi connectivity index (χ0n) is 21.0. The van der Waals surface area contributed by atoms with E-state index in [0.29, 0.717) is 27.7 Å². The number of nitriles is 2. The summed E-state index contributed by atoms with van der Waals surface area (Å²) in [6.07, 6.45) is -0.610. The van der Waals surface area contributed by atoms with Gasteiger partial charge in [0.25, 0.3) is 11.8 Å². The summed E-state index contributed by atoms with van der Waals surface area (Å²) in [7, 11) is -4.15. The molecule has 3 rings (SSSR count). The number of nitrogens with one attached hydrogen (secondary N) is 2. The van der Waals surface area contributed by atoms with Crippen molar-refractivity contribution >= 4 is 50.2 Å². The van der Waals surface area contributed by atoms with Crippen LogP contribution in [0.2, 0.25) is 0 Å². The van der Waals surface area contributed by atoms with E-state index in [0.717, 1.165) is 11.3 Å². The number of rotatable bonds is 8. The molecule has 2 aromatic rings. The van der Waals surface area contributed by atoms with E-state index >= 15 is 0 Å². The number of amides is 4. The number of carbonyl (C=O) groups is 4. The lowest BCUT2D eigenvalue weighted by Gasteiger charge is -2.26. The molecule has 0 unspecified atom stereocenters. The largest absolute Gasteiger partial charge is 0.450 e. The van der Waals surface area contributed by atoms with Crippen LogP contribution in [0, 0.1) is 22.7 Å². The van der Waals surface area contributed by atoms with E-state index in [-0.39, 0.29) is 40.1 Å². The Morgan fingerprint density at radius 1 is 1.10 bits per heavy atom. The van der Waals surface area contributed by atoms with E-state index in [1.165, 1.54) is 31.2 Å². The van der Waals surface area contributed by atoms with Crippen LogP contribution < -0.4 is 10.6 Å². The third kappa shape index (κ3) is 6.58. The van der Waals surface area contributed by atoms with Crippen molar-refractivity contribution in [2.45, 2.75) is 31.7 Å². The molecule has 2 heterocycles. The van der Waals surface area contributed by atoms with Gasteiger partial charge in [-0.3, -0.25) is 19.7 Å². The van der Waals surface area contributed by atoms with Gasteiger partial charge in [0.15, 0.2) is 0 Å².